The predicted octanol–water partition coefficient (Wildman–Crippen LogP) is 2.50. The zero-order valence-electron chi connectivity index (χ0n) is 15.3. The van der Waals surface area contributed by atoms with Crippen molar-refractivity contribution in [3.63, 3.8) is 0 Å². The highest BCUT2D eigenvalue weighted by atomic mass is 32.1. The first-order chi connectivity index (χ1) is 11.5. The van der Waals surface area contributed by atoms with Crippen molar-refractivity contribution in [2.24, 2.45) is 0 Å². The van der Waals surface area contributed by atoms with Crippen LogP contribution in [0.2, 0.25) is 0 Å². The maximum Gasteiger partial charge on any atom is 0.166 e. The first-order valence-electron chi connectivity index (χ1n) is 8.58. The van der Waals surface area contributed by atoms with Crippen molar-refractivity contribution in [2.75, 3.05) is 33.9 Å². The molecule has 2 N–H and O–H groups in total. The molecule has 2 rings (SSSR count). The molecule has 0 fully saturated rings. The number of ether oxygens (including phenoxy) is 2. The molecule has 0 bridgehead atoms. The minimum Gasteiger partial charge on any atom is -0.493 e. The SMILES string of the molecule is CCNC(=S)N[C@H](C)[C@H]1c2cc(OC)c(OC)cc2CCN1CC. The smallest absolute Gasteiger partial charge is 0.166 e. The summed E-state index contributed by atoms with van der Waals surface area (Å²) >= 11 is 5.38. The topological polar surface area (TPSA) is 45.8 Å². The van der Waals surface area contributed by atoms with Crippen molar-refractivity contribution in [1.82, 2.24) is 15.5 Å². The molecule has 0 saturated carbocycles. The highest BCUT2D eigenvalue weighted by Gasteiger charge is 2.32. The predicted molar refractivity (Wildman–Crippen MR) is 102 cm³/mol. The van der Waals surface area contributed by atoms with Crippen LogP contribution in [0.5, 0.6) is 11.5 Å². The van der Waals surface area contributed by atoms with Gasteiger partial charge in [0.15, 0.2) is 16.6 Å². The van der Waals surface area contributed by atoms with Crippen LogP contribution >= 0.6 is 12.2 Å². The van der Waals surface area contributed by atoms with Gasteiger partial charge in [0.1, 0.15) is 0 Å². The molecule has 1 aromatic rings. The lowest BCUT2D eigenvalue weighted by molar-refractivity contribution is 0.166. The van der Waals surface area contributed by atoms with Gasteiger partial charge in [-0.3, -0.25) is 4.90 Å². The largest absolute Gasteiger partial charge is 0.493 e. The van der Waals surface area contributed by atoms with E-state index in [0.717, 1.165) is 37.6 Å². The van der Waals surface area contributed by atoms with Crippen LogP contribution in [0.4, 0.5) is 0 Å². The monoisotopic (exact) mass is 351 g/mol. The van der Waals surface area contributed by atoms with E-state index in [2.05, 4.69) is 41.5 Å². The minimum absolute atomic E-state index is 0.189. The maximum absolute atomic E-state index is 5.52. The number of fused-ring (bicyclic) bond motifs is 1. The quantitative estimate of drug-likeness (QED) is 0.768. The fourth-order valence-electron chi connectivity index (χ4n) is 3.47. The normalized spacial score (nSPS) is 18.5. The third-order valence-electron chi connectivity index (χ3n) is 4.60. The van der Waals surface area contributed by atoms with E-state index in [1.54, 1.807) is 14.2 Å². The molecular formula is C18H29N3O2S. The van der Waals surface area contributed by atoms with Gasteiger partial charge in [0.25, 0.3) is 0 Å². The molecule has 1 aromatic carbocycles. The Balaban J connectivity index is 2.37. The molecule has 0 aromatic heterocycles. The molecule has 0 amide bonds. The highest BCUT2D eigenvalue weighted by molar-refractivity contribution is 7.80. The van der Waals surface area contributed by atoms with Crippen molar-refractivity contribution < 1.29 is 9.47 Å². The number of thiocarbonyl (C=S) groups is 1. The van der Waals surface area contributed by atoms with Gasteiger partial charge in [-0.15, -0.1) is 0 Å². The first-order valence-corrected chi connectivity index (χ1v) is 8.99. The van der Waals surface area contributed by atoms with Crippen molar-refractivity contribution >= 4 is 17.3 Å². The summed E-state index contributed by atoms with van der Waals surface area (Å²) in [7, 11) is 3.36. The Labute approximate surface area is 150 Å². The summed E-state index contributed by atoms with van der Waals surface area (Å²) in [6.45, 7) is 9.28. The van der Waals surface area contributed by atoms with Gasteiger partial charge in [0.2, 0.25) is 0 Å². The molecule has 0 aliphatic carbocycles. The Hall–Kier alpha value is -1.53. The number of rotatable bonds is 6. The van der Waals surface area contributed by atoms with Crippen molar-refractivity contribution in [1.29, 1.82) is 0 Å². The van der Waals surface area contributed by atoms with E-state index in [-0.39, 0.29) is 12.1 Å². The Morgan fingerprint density at radius 3 is 2.54 bits per heavy atom. The Bertz CT molecular complexity index is 580. The average Bonchev–Trinajstić information content (AvgIpc) is 2.59. The van der Waals surface area contributed by atoms with Gasteiger partial charge in [-0.1, -0.05) is 6.92 Å². The highest BCUT2D eigenvalue weighted by Crippen LogP contribution is 2.39. The summed E-state index contributed by atoms with van der Waals surface area (Å²) in [5, 5.41) is 7.30. The van der Waals surface area contributed by atoms with Crippen LogP contribution in [0.15, 0.2) is 12.1 Å². The van der Waals surface area contributed by atoms with Gasteiger partial charge in [-0.05, 0) is 62.3 Å². The Morgan fingerprint density at radius 2 is 1.96 bits per heavy atom. The number of hydrogen-bond acceptors (Lipinski definition) is 4. The molecular weight excluding hydrogens is 322 g/mol. The molecule has 24 heavy (non-hydrogen) atoms. The summed E-state index contributed by atoms with van der Waals surface area (Å²) in [6.07, 6.45) is 1.02. The van der Waals surface area contributed by atoms with Gasteiger partial charge < -0.3 is 20.1 Å². The number of nitrogens with one attached hydrogen (secondary N) is 2. The van der Waals surface area contributed by atoms with Crippen molar-refractivity contribution in [3.05, 3.63) is 23.3 Å². The van der Waals surface area contributed by atoms with E-state index in [9.17, 15) is 0 Å². The third kappa shape index (κ3) is 3.92. The molecule has 0 unspecified atom stereocenters. The fourth-order valence-corrected chi connectivity index (χ4v) is 3.80. The summed E-state index contributed by atoms with van der Waals surface area (Å²) in [6, 6.07) is 4.67. The summed E-state index contributed by atoms with van der Waals surface area (Å²) in [4.78, 5) is 2.49. The standard InChI is InChI=1S/C18H29N3O2S/c1-6-19-18(24)20-12(3)17-14-11-16(23-5)15(22-4)10-13(14)8-9-21(17)7-2/h10-12,17H,6-9H2,1-5H3,(H2,19,20,24)/t12-,17+/m1/s1. The zero-order chi connectivity index (χ0) is 17.7. The van der Waals surface area contributed by atoms with E-state index in [1.807, 2.05) is 6.92 Å². The summed E-state index contributed by atoms with van der Waals surface area (Å²) in [5.41, 5.74) is 2.62. The van der Waals surface area contributed by atoms with Crippen LogP contribution in [0.1, 0.15) is 37.9 Å². The lowest BCUT2D eigenvalue weighted by Crippen LogP contribution is -2.49. The van der Waals surface area contributed by atoms with Crippen molar-refractivity contribution in [3.8, 4) is 11.5 Å². The molecule has 134 valence electrons. The Morgan fingerprint density at radius 1 is 1.29 bits per heavy atom. The second-order valence-electron chi connectivity index (χ2n) is 6.02. The molecule has 0 saturated heterocycles. The van der Waals surface area contributed by atoms with Gasteiger partial charge in [0.05, 0.1) is 20.3 Å². The molecule has 0 spiro atoms. The fraction of sp³-hybridized carbons (Fsp3) is 0.611. The molecule has 0 radical (unpaired) electrons. The average molecular weight is 352 g/mol. The van der Waals surface area contributed by atoms with Crippen LogP contribution < -0.4 is 20.1 Å². The molecule has 1 aliphatic heterocycles. The zero-order valence-corrected chi connectivity index (χ0v) is 16.1. The molecule has 1 aliphatic rings. The van der Waals surface area contributed by atoms with E-state index in [1.165, 1.54) is 11.1 Å². The first kappa shape index (κ1) is 18.8. The van der Waals surface area contributed by atoms with E-state index in [0.29, 0.717) is 5.11 Å². The molecule has 6 heteroatoms. The minimum atomic E-state index is 0.189. The summed E-state index contributed by atoms with van der Waals surface area (Å²) in [5.74, 6) is 1.57. The molecule has 5 nitrogen and oxygen atoms in total. The number of nitrogens with zero attached hydrogens (tertiary/aromatic N) is 1. The number of methoxy groups -OCH3 is 2. The van der Waals surface area contributed by atoms with Gasteiger partial charge in [0, 0.05) is 19.1 Å². The number of likely N-dealkylation sites (N-methyl/N-ethyl adjacent to an activating group) is 1. The molecule has 2 atom stereocenters. The van der Waals surface area contributed by atoms with Gasteiger partial charge in [-0.25, -0.2) is 0 Å². The lowest BCUT2D eigenvalue weighted by atomic mass is 9.88. The van der Waals surface area contributed by atoms with E-state index < -0.39 is 0 Å². The van der Waals surface area contributed by atoms with Crippen LogP contribution in [-0.4, -0.2) is 49.9 Å². The number of hydrogen-bond donors (Lipinski definition) is 2. The lowest BCUT2D eigenvalue weighted by Gasteiger charge is -2.41. The summed E-state index contributed by atoms with van der Waals surface area (Å²) < 4.78 is 11.0. The van der Waals surface area contributed by atoms with E-state index in [4.69, 9.17) is 21.7 Å². The second kappa shape index (κ2) is 8.53. The van der Waals surface area contributed by atoms with Gasteiger partial charge in [-0.2, -0.15) is 0 Å². The van der Waals surface area contributed by atoms with Crippen molar-refractivity contribution in [2.45, 2.75) is 39.3 Å². The van der Waals surface area contributed by atoms with Crippen LogP contribution in [0.25, 0.3) is 0 Å². The molecule has 1 heterocycles. The van der Waals surface area contributed by atoms with Crippen LogP contribution in [0.3, 0.4) is 0 Å². The maximum atomic E-state index is 5.52. The Kier molecular flexibility index (Phi) is 6.69. The van der Waals surface area contributed by atoms with E-state index >= 15 is 0 Å². The van der Waals surface area contributed by atoms with Crippen LogP contribution in [-0.2, 0) is 6.42 Å². The third-order valence-corrected chi connectivity index (χ3v) is 4.86. The van der Waals surface area contributed by atoms with Crippen LogP contribution in [0, 0.1) is 0 Å². The van der Waals surface area contributed by atoms with Gasteiger partial charge >= 0.3 is 0 Å². The number of benzene rings is 1. The second-order valence-corrected chi connectivity index (χ2v) is 6.43.